The number of carbonyl (C=O) groups is 1. The molecule has 1 rings (SSSR count). The van der Waals surface area contributed by atoms with E-state index in [0.717, 1.165) is 4.47 Å². The Balaban J connectivity index is 2.93. The molecule has 1 aromatic rings. The first kappa shape index (κ1) is 14.0. The minimum absolute atomic E-state index is 0.0687. The lowest BCUT2D eigenvalue weighted by molar-refractivity contribution is 0.0366. The van der Waals surface area contributed by atoms with Gasteiger partial charge in [0.05, 0.1) is 11.2 Å². The van der Waals surface area contributed by atoms with Gasteiger partial charge in [-0.05, 0) is 32.0 Å². The van der Waals surface area contributed by atoms with Crippen LogP contribution in [0, 0.1) is 0 Å². The Morgan fingerprint density at radius 3 is 2.59 bits per heavy atom. The molecule has 0 heterocycles. The molecular weight excluding hydrogens is 286 g/mol. The fourth-order valence-electron chi connectivity index (χ4n) is 1.54. The van der Waals surface area contributed by atoms with E-state index in [0.29, 0.717) is 0 Å². The normalized spacial score (nSPS) is 11.4. The summed E-state index contributed by atoms with van der Waals surface area (Å²) in [7, 11) is 1.58. The number of benzene rings is 1. The molecule has 17 heavy (non-hydrogen) atoms. The van der Waals surface area contributed by atoms with Crippen molar-refractivity contribution >= 4 is 21.8 Å². The molecule has 0 atom stereocenters. The summed E-state index contributed by atoms with van der Waals surface area (Å²) in [6.45, 7) is 3.44. The lowest BCUT2D eigenvalue weighted by Gasteiger charge is -2.25. The molecule has 0 saturated heterocycles. The van der Waals surface area contributed by atoms with Gasteiger partial charge in [0.15, 0.2) is 0 Å². The molecule has 0 aliphatic heterocycles. The maximum absolute atomic E-state index is 12.0. The monoisotopic (exact) mass is 301 g/mol. The first-order valence-corrected chi connectivity index (χ1v) is 5.96. The smallest absolute Gasteiger partial charge is 0.257 e. The summed E-state index contributed by atoms with van der Waals surface area (Å²) in [4.78, 5) is 13.4. The van der Waals surface area contributed by atoms with E-state index in [2.05, 4.69) is 15.9 Å². The number of phenols is 1. The number of rotatable bonds is 3. The van der Waals surface area contributed by atoms with Crippen LogP contribution in [0.2, 0.25) is 0 Å². The van der Waals surface area contributed by atoms with Crippen molar-refractivity contribution in [3.63, 3.8) is 0 Å². The molecule has 94 valence electrons. The van der Waals surface area contributed by atoms with Gasteiger partial charge in [-0.15, -0.1) is 0 Å². The Morgan fingerprint density at radius 1 is 1.47 bits per heavy atom. The third kappa shape index (κ3) is 4.02. The van der Waals surface area contributed by atoms with Crippen LogP contribution in [-0.4, -0.2) is 40.2 Å². The molecule has 0 saturated carbocycles. The van der Waals surface area contributed by atoms with Gasteiger partial charge < -0.3 is 15.1 Å². The van der Waals surface area contributed by atoms with Gasteiger partial charge in [0.25, 0.3) is 5.91 Å². The molecule has 1 aromatic carbocycles. The highest BCUT2D eigenvalue weighted by Gasteiger charge is 2.22. The van der Waals surface area contributed by atoms with E-state index in [9.17, 15) is 15.0 Å². The predicted molar refractivity (Wildman–Crippen MR) is 69.1 cm³/mol. The fourth-order valence-corrected chi connectivity index (χ4v) is 1.90. The number of aromatic hydroxyl groups is 1. The zero-order chi connectivity index (χ0) is 13.2. The van der Waals surface area contributed by atoms with Crippen LogP contribution >= 0.6 is 15.9 Å². The molecule has 0 aliphatic rings. The van der Waals surface area contributed by atoms with Gasteiger partial charge in [-0.3, -0.25) is 4.79 Å². The van der Waals surface area contributed by atoms with Crippen LogP contribution in [0.4, 0.5) is 0 Å². The van der Waals surface area contributed by atoms with Crippen LogP contribution in [0.25, 0.3) is 0 Å². The second-order valence-electron chi connectivity index (χ2n) is 4.64. The molecule has 0 radical (unpaired) electrons. The third-order valence-corrected chi connectivity index (χ3v) is 2.65. The standard InChI is InChI=1S/C12H16BrNO3/c1-12(2,17)7-14(3)11(16)9-6-8(13)4-5-10(9)15/h4-6,15,17H,7H2,1-3H3. The Morgan fingerprint density at radius 2 is 2.06 bits per heavy atom. The van der Waals surface area contributed by atoms with E-state index in [-0.39, 0.29) is 23.8 Å². The van der Waals surface area contributed by atoms with E-state index in [1.807, 2.05) is 0 Å². The molecule has 1 amide bonds. The lowest BCUT2D eigenvalue weighted by atomic mass is 10.1. The highest BCUT2D eigenvalue weighted by atomic mass is 79.9. The van der Waals surface area contributed by atoms with Crippen molar-refractivity contribution in [1.82, 2.24) is 4.90 Å². The van der Waals surface area contributed by atoms with Crippen LogP contribution in [0.15, 0.2) is 22.7 Å². The second kappa shape index (κ2) is 5.06. The van der Waals surface area contributed by atoms with Crippen molar-refractivity contribution in [3.05, 3.63) is 28.2 Å². The van der Waals surface area contributed by atoms with Crippen molar-refractivity contribution in [3.8, 4) is 5.75 Å². The van der Waals surface area contributed by atoms with Crippen molar-refractivity contribution in [1.29, 1.82) is 0 Å². The third-order valence-electron chi connectivity index (χ3n) is 2.16. The second-order valence-corrected chi connectivity index (χ2v) is 5.55. The van der Waals surface area contributed by atoms with Crippen LogP contribution in [-0.2, 0) is 0 Å². The number of aliphatic hydroxyl groups is 1. The number of carbonyl (C=O) groups excluding carboxylic acids is 1. The van der Waals surface area contributed by atoms with Gasteiger partial charge in [-0.2, -0.15) is 0 Å². The fraction of sp³-hybridized carbons (Fsp3) is 0.417. The summed E-state index contributed by atoms with van der Waals surface area (Å²) >= 11 is 3.24. The first-order valence-electron chi connectivity index (χ1n) is 5.17. The summed E-state index contributed by atoms with van der Waals surface area (Å²) < 4.78 is 0.718. The number of halogens is 1. The molecule has 0 aliphatic carbocycles. The van der Waals surface area contributed by atoms with E-state index in [4.69, 9.17) is 0 Å². The van der Waals surface area contributed by atoms with Crippen LogP contribution in [0.5, 0.6) is 5.75 Å². The number of phenolic OH excluding ortho intramolecular Hbond substituents is 1. The zero-order valence-electron chi connectivity index (χ0n) is 10.1. The van der Waals surface area contributed by atoms with E-state index < -0.39 is 5.60 Å². The summed E-state index contributed by atoms with van der Waals surface area (Å²) in [5.41, 5.74) is -0.752. The predicted octanol–water partition coefficient (Wildman–Crippen LogP) is 2.00. The maximum atomic E-state index is 12.0. The number of hydrogen-bond donors (Lipinski definition) is 2. The van der Waals surface area contributed by atoms with Crippen LogP contribution in [0.1, 0.15) is 24.2 Å². The van der Waals surface area contributed by atoms with Gasteiger partial charge in [0.2, 0.25) is 0 Å². The minimum atomic E-state index is -0.966. The highest BCUT2D eigenvalue weighted by Crippen LogP contribution is 2.23. The van der Waals surface area contributed by atoms with E-state index in [1.165, 1.54) is 11.0 Å². The molecule has 0 aromatic heterocycles. The van der Waals surface area contributed by atoms with Crippen molar-refractivity contribution < 1.29 is 15.0 Å². The number of likely N-dealkylation sites (N-methyl/N-ethyl adjacent to an activating group) is 1. The minimum Gasteiger partial charge on any atom is -0.507 e. The summed E-state index contributed by atoms with van der Waals surface area (Å²) in [5, 5.41) is 19.3. The maximum Gasteiger partial charge on any atom is 0.257 e. The van der Waals surface area contributed by atoms with E-state index in [1.54, 1.807) is 33.0 Å². The van der Waals surface area contributed by atoms with Crippen LogP contribution in [0.3, 0.4) is 0 Å². The molecular formula is C12H16BrNO3. The van der Waals surface area contributed by atoms with E-state index >= 15 is 0 Å². The van der Waals surface area contributed by atoms with Gasteiger partial charge in [-0.1, -0.05) is 15.9 Å². The number of amides is 1. The largest absolute Gasteiger partial charge is 0.507 e. The number of nitrogens with zero attached hydrogens (tertiary/aromatic N) is 1. The summed E-state index contributed by atoms with van der Waals surface area (Å²) in [5.74, 6) is -0.397. The van der Waals surface area contributed by atoms with Gasteiger partial charge in [0.1, 0.15) is 5.75 Å². The number of hydrogen-bond acceptors (Lipinski definition) is 3. The van der Waals surface area contributed by atoms with Crippen molar-refractivity contribution in [2.75, 3.05) is 13.6 Å². The molecule has 0 fully saturated rings. The zero-order valence-corrected chi connectivity index (χ0v) is 11.7. The Bertz CT molecular complexity index is 426. The van der Waals surface area contributed by atoms with Crippen molar-refractivity contribution in [2.24, 2.45) is 0 Å². The highest BCUT2D eigenvalue weighted by molar-refractivity contribution is 9.10. The Hall–Kier alpha value is -1.07. The van der Waals surface area contributed by atoms with Gasteiger partial charge in [-0.25, -0.2) is 0 Å². The van der Waals surface area contributed by atoms with Crippen LogP contribution < -0.4 is 0 Å². The molecule has 0 bridgehead atoms. The topological polar surface area (TPSA) is 60.8 Å². The molecule has 0 unspecified atom stereocenters. The van der Waals surface area contributed by atoms with Crippen molar-refractivity contribution in [2.45, 2.75) is 19.4 Å². The molecule has 0 spiro atoms. The first-order chi connectivity index (χ1) is 7.70. The lowest BCUT2D eigenvalue weighted by Crippen LogP contribution is -2.39. The van der Waals surface area contributed by atoms with Gasteiger partial charge >= 0.3 is 0 Å². The molecule has 4 nitrogen and oxygen atoms in total. The summed E-state index contributed by atoms with van der Waals surface area (Å²) in [6.07, 6.45) is 0. The molecule has 5 heteroatoms. The Kier molecular flexibility index (Phi) is 4.16. The quantitative estimate of drug-likeness (QED) is 0.898. The molecule has 2 N–H and O–H groups in total. The average molecular weight is 302 g/mol. The average Bonchev–Trinajstić information content (AvgIpc) is 2.18. The summed E-state index contributed by atoms with van der Waals surface area (Å²) in [6, 6.07) is 4.66. The Labute approximate surface area is 109 Å². The van der Waals surface area contributed by atoms with Gasteiger partial charge in [0, 0.05) is 18.1 Å². The SMILES string of the molecule is CN(CC(C)(C)O)C(=O)c1cc(Br)ccc1O.